The molecule has 2 aliphatic carbocycles. The number of aryl methyl sites for hydroxylation is 1. The fourth-order valence-corrected chi connectivity index (χ4v) is 5.15. The van der Waals surface area contributed by atoms with Crippen LogP contribution in [0, 0.1) is 0 Å². The Bertz CT molecular complexity index is 1070. The lowest BCUT2D eigenvalue weighted by molar-refractivity contribution is -0.138. The van der Waals surface area contributed by atoms with Crippen LogP contribution in [0.4, 0.5) is 13.2 Å². The van der Waals surface area contributed by atoms with Crippen molar-refractivity contribution in [1.29, 1.82) is 0 Å². The van der Waals surface area contributed by atoms with E-state index in [1.807, 2.05) is 4.90 Å². The molecule has 2 amide bonds. The van der Waals surface area contributed by atoms with Gasteiger partial charge in [-0.15, -0.1) is 0 Å². The third-order valence-corrected chi connectivity index (χ3v) is 7.11. The molecule has 0 N–H and O–H groups in total. The van der Waals surface area contributed by atoms with Gasteiger partial charge in [0.2, 0.25) is 5.91 Å². The molecule has 1 aromatic heterocycles. The van der Waals surface area contributed by atoms with Crippen molar-refractivity contribution < 1.29 is 22.8 Å². The Morgan fingerprint density at radius 1 is 1.06 bits per heavy atom. The quantitative estimate of drug-likeness (QED) is 0.711. The first kappa shape index (κ1) is 21.3. The fourth-order valence-electron chi connectivity index (χ4n) is 5.15. The van der Waals surface area contributed by atoms with Crippen molar-refractivity contribution >= 4 is 22.8 Å². The third kappa shape index (κ3) is 3.75. The molecule has 0 radical (unpaired) electrons. The third-order valence-electron chi connectivity index (χ3n) is 7.11. The van der Waals surface area contributed by atoms with Crippen LogP contribution >= 0.6 is 0 Å². The second kappa shape index (κ2) is 7.78. The number of hydrogen-bond donors (Lipinski definition) is 0. The van der Waals surface area contributed by atoms with E-state index in [0.29, 0.717) is 24.2 Å². The normalized spacial score (nSPS) is 20.9. The first-order valence-electron chi connectivity index (χ1n) is 11.4. The van der Waals surface area contributed by atoms with Gasteiger partial charge in [0, 0.05) is 26.2 Å². The van der Waals surface area contributed by atoms with Crippen LogP contribution in [0.5, 0.6) is 0 Å². The molecule has 2 heterocycles. The van der Waals surface area contributed by atoms with E-state index in [9.17, 15) is 22.8 Å². The number of rotatable bonds is 3. The predicted molar refractivity (Wildman–Crippen MR) is 112 cm³/mol. The molecule has 0 bridgehead atoms. The molecule has 3 fully saturated rings. The van der Waals surface area contributed by atoms with Crippen molar-refractivity contribution in [3.8, 4) is 0 Å². The minimum absolute atomic E-state index is 0.0575. The Labute approximate surface area is 184 Å². The lowest BCUT2D eigenvalue weighted by atomic mass is 9.93. The van der Waals surface area contributed by atoms with Gasteiger partial charge in [0.1, 0.15) is 12.1 Å². The molecule has 9 heteroatoms. The number of carbonyl (C=O) groups excluding carboxylic acids is 2. The standard InChI is InChI=1S/C23H27F3N4O2/c1-28-18-12-15(14-7-8-14)11-17(23(24,25)26)20(18)27-21(28)22(32)29-9-10-30(19(31)13-29)16-5-3-2-4-6-16/h11-12,14,16H,2-10,13H2,1H3. The fraction of sp³-hybridized carbons (Fsp3) is 0.609. The summed E-state index contributed by atoms with van der Waals surface area (Å²) in [6.07, 6.45) is 2.60. The van der Waals surface area contributed by atoms with Crippen molar-refractivity contribution in [2.75, 3.05) is 19.6 Å². The van der Waals surface area contributed by atoms with Crippen LogP contribution in [0.1, 0.15) is 72.6 Å². The van der Waals surface area contributed by atoms with E-state index in [2.05, 4.69) is 4.98 Å². The number of nitrogens with zero attached hydrogens (tertiary/aromatic N) is 4. The second-order valence-corrected chi connectivity index (χ2v) is 9.31. The summed E-state index contributed by atoms with van der Waals surface area (Å²) in [5.41, 5.74) is -0.0648. The highest BCUT2D eigenvalue weighted by Gasteiger charge is 2.38. The monoisotopic (exact) mass is 448 g/mol. The van der Waals surface area contributed by atoms with Gasteiger partial charge in [-0.25, -0.2) is 4.98 Å². The Kier molecular flexibility index (Phi) is 5.17. The zero-order chi connectivity index (χ0) is 22.6. The summed E-state index contributed by atoms with van der Waals surface area (Å²) in [5.74, 6) is -0.513. The van der Waals surface area contributed by atoms with E-state index >= 15 is 0 Å². The van der Waals surface area contributed by atoms with Crippen molar-refractivity contribution in [2.24, 2.45) is 7.05 Å². The molecule has 0 unspecified atom stereocenters. The maximum Gasteiger partial charge on any atom is 0.418 e. The topological polar surface area (TPSA) is 58.4 Å². The number of halogens is 3. The van der Waals surface area contributed by atoms with Gasteiger partial charge in [0.25, 0.3) is 5.91 Å². The number of piperazine rings is 1. The molecule has 1 saturated heterocycles. The van der Waals surface area contributed by atoms with Gasteiger partial charge >= 0.3 is 6.18 Å². The summed E-state index contributed by atoms with van der Waals surface area (Å²) >= 11 is 0. The predicted octanol–water partition coefficient (Wildman–Crippen LogP) is 4.09. The van der Waals surface area contributed by atoms with Crippen LogP contribution in [-0.2, 0) is 18.0 Å². The summed E-state index contributed by atoms with van der Waals surface area (Å²) in [5, 5.41) is 0. The zero-order valence-electron chi connectivity index (χ0n) is 18.1. The Hall–Kier alpha value is -2.58. The van der Waals surface area contributed by atoms with Gasteiger partial charge in [0.05, 0.1) is 11.1 Å². The lowest BCUT2D eigenvalue weighted by Crippen LogP contribution is -2.56. The number of alkyl halides is 3. The number of imidazole rings is 1. The van der Waals surface area contributed by atoms with Crippen molar-refractivity contribution in [1.82, 2.24) is 19.4 Å². The molecule has 0 spiro atoms. The van der Waals surface area contributed by atoms with E-state index in [0.717, 1.165) is 38.5 Å². The molecule has 3 aliphatic rings. The highest BCUT2D eigenvalue weighted by Crippen LogP contribution is 2.44. The van der Waals surface area contributed by atoms with Gasteiger partial charge in [0.15, 0.2) is 5.82 Å². The minimum Gasteiger partial charge on any atom is -0.336 e. The molecular formula is C23H27F3N4O2. The van der Waals surface area contributed by atoms with Crippen LogP contribution in [0.3, 0.4) is 0 Å². The smallest absolute Gasteiger partial charge is 0.336 e. The maximum atomic E-state index is 13.8. The molecular weight excluding hydrogens is 421 g/mol. The molecule has 32 heavy (non-hydrogen) atoms. The van der Waals surface area contributed by atoms with E-state index in [1.54, 1.807) is 13.1 Å². The van der Waals surface area contributed by atoms with Crippen LogP contribution in [0.25, 0.3) is 11.0 Å². The van der Waals surface area contributed by atoms with Crippen LogP contribution in [-0.4, -0.2) is 56.8 Å². The van der Waals surface area contributed by atoms with Crippen molar-refractivity contribution in [3.05, 3.63) is 29.1 Å². The van der Waals surface area contributed by atoms with E-state index in [4.69, 9.17) is 0 Å². The van der Waals surface area contributed by atoms with Crippen LogP contribution in [0.15, 0.2) is 12.1 Å². The average Bonchev–Trinajstić information content (AvgIpc) is 3.56. The number of fused-ring (bicyclic) bond motifs is 1. The molecule has 172 valence electrons. The Morgan fingerprint density at radius 2 is 1.78 bits per heavy atom. The van der Waals surface area contributed by atoms with Gasteiger partial charge in [-0.3, -0.25) is 9.59 Å². The SMILES string of the molecule is Cn1c(C(=O)N2CCN(C3CCCCC3)C(=O)C2)nc2c(C(F)(F)F)cc(C3CC3)cc21. The summed E-state index contributed by atoms with van der Waals surface area (Å²) in [7, 11) is 1.57. The minimum atomic E-state index is -4.56. The summed E-state index contributed by atoms with van der Waals surface area (Å²) < 4.78 is 42.7. The summed E-state index contributed by atoms with van der Waals surface area (Å²) in [6, 6.07) is 3.13. The average molecular weight is 448 g/mol. The van der Waals surface area contributed by atoms with Crippen LogP contribution < -0.4 is 0 Å². The molecule has 0 atom stereocenters. The molecule has 1 aromatic carbocycles. The molecule has 5 rings (SSSR count). The maximum absolute atomic E-state index is 13.8. The van der Waals surface area contributed by atoms with Crippen LogP contribution in [0.2, 0.25) is 0 Å². The van der Waals surface area contributed by atoms with Gasteiger partial charge in [-0.2, -0.15) is 13.2 Å². The lowest BCUT2D eigenvalue weighted by Gasteiger charge is -2.40. The number of hydrogen-bond acceptors (Lipinski definition) is 3. The van der Waals surface area contributed by atoms with Gasteiger partial charge in [-0.1, -0.05) is 19.3 Å². The molecule has 6 nitrogen and oxygen atoms in total. The number of carbonyl (C=O) groups is 2. The van der Waals surface area contributed by atoms with Gasteiger partial charge < -0.3 is 14.4 Å². The second-order valence-electron chi connectivity index (χ2n) is 9.31. The highest BCUT2D eigenvalue weighted by molar-refractivity contribution is 5.98. The van der Waals surface area contributed by atoms with Crippen molar-refractivity contribution in [3.63, 3.8) is 0 Å². The number of aromatic nitrogens is 2. The summed E-state index contributed by atoms with van der Waals surface area (Å²) in [4.78, 5) is 33.4. The largest absolute Gasteiger partial charge is 0.418 e. The highest BCUT2D eigenvalue weighted by atomic mass is 19.4. The Morgan fingerprint density at radius 3 is 2.41 bits per heavy atom. The van der Waals surface area contributed by atoms with E-state index < -0.39 is 17.6 Å². The number of benzene rings is 1. The molecule has 2 aromatic rings. The first-order valence-corrected chi connectivity index (χ1v) is 11.4. The van der Waals surface area contributed by atoms with Gasteiger partial charge in [-0.05, 0) is 49.3 Å². The van der Waals surface area contributed by atoms with E-state index in [1.165, 1.54) is 22.0 Å². The number of amides is 2. The molecule has 2 saturated carbocycles. The van der Waals surface area contributed by atoms with Crippen molar-refractivity contribution in [2.45, 2.75) is 63.1 Å². The molecule has 1 aliphatic heterocycles. The Balaban J connectivity index is 1.43. The zero-order valence-corrected chi connectivity index (χ0v) is 18.1. The first-order chi connectivity index (χ1) is 15.2. The van der Waals surface area contributed by atoms with E-state index in [-0.39, 0.29) is 35.8 Å². The summed E-state index contributed by atoms with van der Waals surface area (Å²) in [6.45, 7) is 0.764.